The molecular weight excluding hydrogens is 476 g/mol. The van der Waals surface area contributed by atoms with E-state index in [4.69, 9.17) is 33.2 Å². The van der Waals surface area contributed by atoms with Gasteiger partial charge in [0.1, 0.15) is 11.6 Å². The average Bonchev–Trinajstić information content (AvgIpc) is 3.26. The van der Waals surface area contributed by atoms with Crippen molar-refractivity contribution < 1.29 is 4.39 Å². The molecular formula is C24H26Cl2FN7. The van der Waals surface area contributed by atoms with Gasteiger partial charge in [0.2, 0.25) is 5.95 Å². The Morgan fingerprint density at radius 2 is 1.76 bits per heavy atom. The Bertz CT molecular complexity index is 1190. The summed E-state index contributed by atoms with van der Waals surface area (Å²) in [5.74, 6) is 1.74. The molecule has 2 aromatic heterocycles. The van der Waals surface area contributed by atoms with Crippen molar-refractivity contribution >= 4 is 40.8 Å². The Morgan fingerprint density at radius 1 is 0.941 bits per heavy atom. The molecule has 178 valence electrons. The molecule has 0 radical (unpaired) electrons. The Hall–Kier alpha value is -2.71. The maximum atomic E-state index is 14.3. The van der Waals surface area contributed by atoms with Crippen LogP contribution in [0.4, 0.5) is 22.0 Å². The molecule has 0 unspecified atom stereocenters. The second-order valence-corrected chi connectivity index (χ2v) is 9.65. The average molecular weight is 502 g/mol. The van der Waals surface area contributed by atoms with Crippen molar-refractivity contribution in [1.82, 2.24) is 19.9 Å². The molecule has 5 rings (SSSR count). The highest BCUT2D eigenvalue weighted by Gasteiger charge is 2.29. The minimum absolute atomic E-state index is 0.0961. The fourth-order valence-electron chi connectivity index (χ4n) is 4.75. The lowest BCUT2D eigenvalue weighted by Gasteiger charge is -2.41. The number of hydrogen-bond donors (Lipinski definition) is 0. The van der Waals surface area contributed by atoms with E-state index in [-0.39, 0.29) is 11.1 Å². The van der Waals surface area contributed by atoms with Crippen molar-refractivity contribution in [3.8, 4) is 11.3 Å². The van der Waals surface area contributed by atoms with Gasteiger partial charge in [0.25, 0.3) is 0 Å². The first-order valence-electron chi connectivity index (χ1n) is 11.5. The van der Waals surface area contributed by atoms with E-state index in [0.717, 1.165) is 44.8 Å². The van der Waals surface area contributed by atoms with Crippen LogP contribution in [0.5, 0.6) is 0 Å². The van der Waals surface area contributed by atoms with Gasteiger partial charge in [-0.15, -0.1) is 0 Å². The van der Waals surface area contributed by atoms with Crippen LogP contribution in [0.2, 0.25) is 10.2 Å². The quantitative estimate of drug-likeness (QED) is 0.493. The number of rotatable bonds is 4. The molecule has 0 N–H and O–H groups in total. The number of aromatic nitrogens is 4. The van der Waals surface area contributed by atoms with E-state index in [9.17, 15) is 4.39 Å². The predicted octanol–water partition coefficient (Wildman–Crippen LogP) is 5.08. The van der Waals surface area contributed by atoms with Crippen LogP contribution in [0.15, 0.2) is 36.7 Å². The van der Waals surface area contributed by atoms with Crippen molar-refractivity contribution in [2.75, 3.05) is 40.9 Å². The summed E-state index contributed by atoms with van der Waals surface area (Å²) >= 11 is 12.2. The number of anilines is 3. The molecule has 2 saturated heterocycles. The highest BCUT2D eigenvalue weighted by atomic mass is 35.5. The summed E-state index contributed by atoms with van der Waals surface area (Å²) in [6.07, 6.45) is 5.46. The van der Waals surface area contributed by atoms with E-state index in [1.54, 1.807) is 24.5 Å². The first-order valence-corrected chi connectivity index (χ1v) is 12.3. The number of benzene rings is 1. The number of halogens is 3. The standard InChI is InChI=1S/C24H26Cl2FN7/c1-15-4-3-9-34(15)24-30-20(17-5-6-18(25)19(27)12-17)13-21(31-24)33-11-10-32(14-16(33)2)23-22(26)28-7-8-29-23/h5-8,12-13,15-16H,3-4,9-11,14H2,1-2H3/t15-,16+/m0/s1. The molecule has 2 aliphatic rings. The van der Waals surface area contributed by atoms with E-state index in [2.05, 4.69) is 38.5 Å². The fourth-order valence-corrected chi connectivity index (χ4v) is 5.09. The highest BCUT2D eigenvalue weighted by molar-refractivity contribution is 6.31. The third kappa shape index (κ3) is 4.49. The lowest BCUT2D eigenvalue weighted by molar-refractivity contribution is 0.541. The maximum absolute atomic E-state index is 14.3. The largest absolute Gasteiger partial charge is 0.350 e. The molecule has 1 aromatic carbocycles. The lowest BCUT2D eigenvalue weighted by atomic mass is 10.1. The normalized spacial score (nSPS) is 20.8. The summed E-state index contributed by atoms with van der Waals surface area (Å²) in [6.45, 7) is 7.44. The van der Waals surface area contributed by atoms with Crippen molar-refractivity contribution in [1.29, 1.82) is 0 Å². The van der Waals surface area contributed by atoms with E-state index in [0.29, 0.717) is 34.2 Å². The van der Waals surface area contributed by atoms with E-state index in [1.165, 1.54) is 6.07 Å². The first-order chi connectivity index (χ1) is 16.4. The third-order valence-electron chi connectivity index (χ3n) is 6.58. The zero-order chi connectivity index (χ0) is 23.8. The third-order valence-corrected chi connectivity index (χ3v) is 7.16. The van der Waals surface area contributed by atoms with Crippen LogP contribution in [0.3, 0.4) is 0 Å². The van der Waals surface area contributed by atoms with Gasteiger partial charge in [0, 0.05) is 62.3 Å². The van der Waals surface area contributed by atoms with Crippen LogP contribution in [-0.2, 0) is 0 Å². The predicted molar refractivity (Wildman–Crippen MR) is 135 cm³/mol. The second-order valence-electron chi connectivity index (χ2n) is 8.88. The molecule has 2 atom stereocenters. The second kappa shape index (κ2) is 9.50. The minimum atomic E-state index is -0.460. The molecule has 2 fully saturated rings. The molecule has 3 aromatic rings. The van der Waals surface area contributed by atoms with Crippen LogP contribution in [0, 0.1) is 5.82 Å². The molecule has 10 heteroatoms. The number of hydrogen-bond acceptors (Lipinski definition) is 7. The smallest absolute Gasteiger partial charge is 0.228 e. The molecule has 0 bridgehead atoms. The summed E-state index contributed by atoms with van der Waals surface area (Å²) in [6, 6.07) is 7.24. The molecule has 7 nitrogen and oxygen atoms in total. The molecule has 0 aliphatic carbocycles. The maximum Gasteiger partial charge on any atom is 0.228 e. The van der Waals surface area contributed by atoms with Gasteiger partial charge in [-0.3, -0.25) is 0 Å². The summed E-state index contributed by atoms with van der Waals surface area (Å²) in [5.41, 5.74) is 1.36. The minimum Gasteiger partial charge on any atom is -0.350 e. The van der Waals surface area contributed by atoms with Crippen molar-refractivity contribution in [2.45, 2.75) is 38.8 Å². The Balaban J connectivity index is 1.49. The van der Waals surface area contributed by atoms with Crippen molar-refractivity contribution in [3.05, 3.63) is 52.7 Å². The Labute approximate surface area is 208 Å². The van der Waals surface area contributed by atoms with Gasteiger partial charge in [-0.2, -0.15) is 4.98 Å². The zero-order valence-corrected chi connectivity index (χ0v) is 20.6. The summed E-state index contributed by atoms with van der Waals surface area (Å²) in [7, 11) is 0. The summed E-state index contributed by atoms with van der Waals surface area (Å²) in [4.78, 5) is 25.0. The van der Waals surface area contributed by atoms with Gasteiger partial charge >= 0.3 is 0 Å². The van der Waals surface area contributed by atoms with Crippen LogP contribution < -0.4 is 14.7 Å². The topological polar surface area (TPSA) is 61.3 Å². The summed E-state index contributed by atoms with van der Waals surface area (Å²) < 4.78 is 14.3. The van der Waals surface area contributed by atoms with E-state index < -0.39 is 5.82 Å². The summed E-state index contributed by atoms with van der Waals surface area (Å²) in [5, 5.41) is 0.501. The zero-order valence-electron chi connectivity index (χ0n) is 19.1. The van der Waals surface area contributed by atoms with Crippen LogP contribution >= 0.6 is 23.2 Å². The Morgan fingerprint density at radius 3 is 2.47 bits per heavy atom. The van der Waals surface area contributed by atoms with Crippen molar-refractivity contribution in [3.63, 3.8) is 0 Å². The molecule has 0 spiro atoms. The lowest BCUT2D eigenvalue weighted by Crippen LogP contribution is -2.53. The van der Waals surface area contributed by atoms with Gasteiger partial charge < -0.3 is 14.7 Å². The van der Waals surface area contributed by atoms with Crippen LogP contribution in [0.1, 0.15) is 26.7 Å². The Kier molecular flexibility index (Phi) is 6.44. The number of piperazine rings is 1. The van der Waals surface area contributed by atoms with Crippen LogP contribution in [0.25, 0.3) is 11.3 Å². The monoisotopic (exact) mass is 501 g/mol. The SMILES string of the molecule is C[C@@H]1CN(c2nccnc2Cl)CCN1c1cc(-c2ccc(Cl)c(F)c2)nc(N2CCC[C@@H]2C)n1. The molecule has 34 heavy (non-hydrogen) atoms. The first kappa shape index (κ1) is 23.1. The van der Waals surface area contributed by atoms with Crippen LogP contribution in [-0.4, -0.2) is 58.2 Å². The molecule has 0 saturated carbocycles. The van der Waals surface area contributed by atoms with Gasteiger partial charge in [0.15, 0.2) is 11.0 Å². The molecule has 2 aliphatic heterocycles. The van der Waals surface area contributed by atoms with Gasteiger partial charge in [-0.05, 0) is 38.8 Å². The van der Waals surface area contributed by atoms with E-state index >= 15 is 0 Å². The molecule has 0 amide bonds. The van der Waals surface area contributed by atoms with E-state index in [1.807, 2.05) is 6.07 Å². The van der Waals surface area contributed by atoms with Gasteiger partial charge in [0.05, 0.1) is 10.7 Å². The van der Waals surface area contributed by atoms with Crippen molar-refractivity contribution in [2.24, 2.45) is 0 Å². The van der Waals surface area contributed by atoms with Gasteiger partial charge in [-0.25, -0.2) is 19.3 Å². The fraction of sp³-hybridized carbons (Fsp3) is 0.417. The van der Waals surface area contributed by atoms with Gasteiger partial charge in [-0.1, -0.05) is 29.3 Å². The highest BCUT2D eigenvalue weighted by Crippen LogP contribution is 2.32. The molecule has 4 heterocycles. The number of nitrogens with zero attached hydrogens (tertiary/aromatic N) is 7.